The van der Waals surface area contributed by atoms with E-state index in [0.717, 1.165) is 34.9 Å². The maximum atomic E-state index is 12.4. The summed E-state index contributed by atoms with van der Waals surface area (Å²) in [6, 6.07) is 7.69. The van der Waals surface area contributed by atoms with Gasteiger partial charge in [-0.05, 0) is 42.5 Å². The zero-order valence-electron chi connectivity index (χ0n) is 12.7. The van der Waals surface area contributed by atoms with Crippen LogP contribution in [0.5, 0.6) is 0 Å². The molecule has 3 aromatic rings. The lowest BCUT2D eigenvalue weighted by atomic mass is 10.2. The topological polar surface area (TPSA) is 74.8 Å². The molecule has 0 bridgehead atoms. The minimum Gasteiger partial charge on any atom is -0.345 e. The zero-order valence-corrected chi connectivity index (χ0v) is 15.1. The number of H-pyrrole nitrogens is 1. The molecule has 0 saturated carbocycles. The molecule has 7 heteroatoms. The maximum absolute atomic E-state index is 12.4. The summed E-state index contributed by atoms with van der Waals surface area (Å²) < 4.78 is 0.954. The Labute approximate surface area is 150 Å². The fourth-order valence-corrected chi connectivity index (χ4v) is 4.73. The fourth-order valence-electron chi connectivity index (χ4n) is 3.02. The van der Waals surface area contributed by atoms with Crippen molar-refractivity contribution in [3.05, 3.63) is 60.9 Å². The number of fused-ring (bicyclic) bond motifs is 3. The fraction of sp³-hybridized carbons (Fsp3) is 0.235. The van der Waals surface area contributed by atoms with Crippen molar-refractivity contribution in [2.45, 2.75) is 25.8 Å². The normalized spacial score (nSPS) is 13.2. The summed E-state index contributed by atoms with van der Waals surface area (Å²) in [5, 5.41) is 3.46. The van der Waals surface area contributed by atoms with Crippen molar-refractivity contribution in [2.75, 3.05) is 0 Å². The average molecular weight is 404 g/mol. The summed E-state index contributed by atoms with van der Waals surface area (Å²) in [6.07, 6.45) is 3.01. The summed E-state index contributed by atoms with van der Waals surface area (Å²) in [5.41, 5.74) is 1.87. The Bertz CT molecular complexity index is 1010. The van der Waals surface area contributed by atoms with E-state index in [-0.39, 0.29) is 17.3 Å². The number of carbonyl (C=O) groups is 1. The molecule has 1 aromatic carbocycles. The van der Waals surface area contributed by atoms with Gasteiger partial charge in [0.05, 0.1) is 5.39 Å². The second-order valence-electron chi connectivity index (χ2n) is 5.76. The Morgan fingerprint density at radius 1 is 1.38 bits per heavy atom. The van der Waals surface area contributed by atoms with Crippen LogP contribution in [0.4, 0.5) is 0 Å². The third-order valence-electron chi connectivity index (χ3n) is 4.13. The summed E-state index contributed by atoms with van der Waals surface area (Å²) >= 11 is 4.93. The molecule has 2 N–H and O–H groups in total. The van der Waals surface area contributed by atoms with E-state index in [0.29, 0.717) is 16.8 Å². The number of hydrogen-bond donors (Lipinski definition) is 2. The average Bonchev–Trinajstić information content (AvgIpc) is 3.13. The number of amides is 1. The monoisotopic (exact) mass is 403 g/mol. The molecule has 0 spiro atoms. The van der Waals surface area contributed by atoms with Gasteiger partial charge in [-0.1, -0.05) is 28.1 Å². The Morgan fingerprint density at radius 2 is 2.25 bits per heavy atom. The number of thiophene rings is 1. The van der Waals surface area contributed by atoms with Gasteiger partial charge in [0.1, 0.15) is 4.83 Å². The summed E-state index contributed by atoms with van der Waals surface area (Å²) in [6.45, 7) is 0.376. The van der Waals surface area contributed by atoms with Gasteiger partial charge in [0.15, 0.2) is 0 Å². The van der Waals surface area contributed by atoms with E-state index in [2.05, 4.69) is 31.2 Å². The molecule has 4 rings (SSSR count). The maximum Gasteiger partial charge on any atom is 0.287 e. The number of nitrogens with zero attached hydrogens (tertiary/aromatic N) is 1. The second kappa shape index (κ2) is 6.14. The van der Waals surface area contributed by atoms with Crippen LogP contribution in [0.15, 0.2) is 33.5 Å². The van der Waals surface area contributed by atoms with E-state index in [9.17, 15) is 9.59 Å². The van der Waals surface area contributed by atoms with Gasteiger partial charge in [-0.3, -0.25) is 9.59 Å². The molecule has 24 heavy (non-hydrogen) atoms. The molecule has 122 valence electrons. The molecule has 1 amide bonds. The van der Waals surface area contributed by atoms with Crippen molar-refractivity contribution in [1.82, 2.24) is 15.3 Å². The van der Waals surface area contributed by atoms with Crippen LogP contribution in [0.2, 0.25) is 0 Å². The van der Waals surface area contributed by atoms with Gasteiger partial charge in [0.25, 0.3) is 11.5 Å². The second-order valence-corrected chi connectivity index (χ2v) is 7.76. The standard InChI is InChI=1S/C17H14BrN3O2S/c18-10-4-1-3-9(7-10)8-19-16(23)14-20-15(22)13-11-5-2-6-12(11)24-17(13)21-14/h1,3-4,7H,2,5-6,8H2,(H,19,23)(H,20,21,22). The zero-order chi connectivity index (χ0) is 16.7. The number of aromatic nitrogens is 2. The third kappa shape index (κ3) is 2.78. The molecule has 0 saturated heterocycles. The van der Waals surface area contributed by atoms with Crippen LogP contribution in [0, 0.1) is 0 Å². The Balaban J connectivity index is 1.60. The number of hydrogen-bond acceptors (Lipinski definition) is 4. The molecule has 1 aliphatic carbocycles. The lowest BCUT2D eigenvalue weighted by molar-refractivity contribution is 0.0940. The first-order valence-corrected chi connectivity index (χ1v) is 9.30. The van der Waals surface area contributed by atoms with Crippen LogP contribution < -0.4 is 10.9 Å². The Hall–Kier alpha value is -1.99. The SMILES string of the molecule is O=C(NCc1cccc(Br)c1)c1nc2sc3c(c2c(=O)[nH]1)CCC3. The first-order chi connectivity index (χ1) is 11.6. The molecule has 0 fully saturated rings. The van der Waals surface area contributed by atoms with Gasteiger partial charge in [-0.2, -0.15) is 0 Å². The van der Waals surface area contributed by atoms with Crippen LogP contribution in [0.25, 0.3) is 10.2 Å². The van der Waals surface area contributed by atoms with Crippen LogP contribution in [-0.4, -0.2) is 15.9 Å². The molecule has 0 aliphatic heterocycles. The number of rotatable bonds is 3. The smallest absolute Gasteiger partial charge is 0.287 e. The van der Waals surface area contributed by atoms with Gasteiger partial charge in [0, 0.05) is 15.9 Å². The highest BCUT2D eigenvalue weighted by molar-refractivity contribution is 9.10. The lowest BCUT2D eigenvalue weighted by Crippen LogP contribution is -2.27. The molecular formula is C17H14BrN3O2S. The van der Waals surface area contributed by atoms with Crippen LogP contribution in [0.3, 0.4) is 0 Å². The molecule has 0 radical (unpaired) electrons. The van der Waals surface area contributed by atoms with Gasteiger partial charge in [0.2, 0.25) is 5.82 Å². The number of aryl methyl sites for hydroxylation is 2. The molecule has 2 heterocycles. The molecule has 0 atom stereocenters. The first kappa shape index (κ1) is 15.5. The summed E-state index contributed by atoms with van der Waals surface area (Å²) in [7, 11) is 0. The van der Waals surface area contributed by atoms with Gasteiger partial charge >= 0.3 is 0 Å². The van der Waals surface area contributed by atoms with Crippen molar-refractivity contribution in [1.29, 1.82) is 0 Å². The van der Waals surface area contributed by atoms with E-state index in [1.807, 2.05) is 24.3 Å². The number of benzene rings is 1. The van der Waals surface area contributed by atoms with Gasteiger partial charge in [-0.25, -0.2) is 4.98 Å². The van der Waals surface area contributed by atoms with Crippen molar-refractivity contribution < 1.29 is 4.79 Å². The van der Waals surface area contributed by atoms with E-state index in [1.54, 1.807) is 0 Å². The number of aromatic amines is 1. The predicted octanol–water partition coefficient (Wildman–Crippen LogP) is 3.17. The van der Waals surface area contributed by atoms with Crippen LogP contribution in [-0.2, 0) is 19.4 Å². The largest absolute Gasteiger partial charge is 0.345 e. The summed E-state index contributed by atoms with van der Waals surface area (Å²) in [5.74, 6) is -0.301. The summed E-state index contributed by atoms with van der Waals surface area (Å²) in [4.78, 5) is 33.6. The Morgan fingerprint density at radius 3 is 3.08 bits per heavy atom. The van der Waals surface area contributed by atoms with Crippen molar-refractivity contribution in [3.63, 3.8) is 0 Å². The highest BCUT2D eigenvalue weighted by Gasteiger charge is 2.22. The molecular weight excluding hydrogens is 390 g/mol. The highest BCUT2D eigenvalue weighted by Crippen LogP contribution is 2.34. The van der Waals surface area contributed by atoms with Crippen molar-refractivity contribution >= 4 is 43.4 Å². The molecule has 1 aliphatic rings. The van der Waals surface area contributed by atoms with Gasteiger partial charge in [-0.15, -0.1) is 11.3 Å². The van der Waals surface area contributed by atoms with E-state index in [4.69, 9.17) is 0 Å². The Kier molecular flexibility index (Phi) is 3.97. The van der Waals surface area contributed by atoms with Gasteiger partial charge < -0.3 is 10.3 Å². The molecule has 0 unspecified atom stereocenters. The minimum atomic E-state index is -0.373. The lowest BCUT2D eigenvalue weighted by Gasteiger charge is -2.05. The molecule has 5 nitrogen and oxygen atoms in total. The molecule has 2 aromatic heterocycles. The quantitative estimate of drug-likeness (QED) is 0.704. The van der Waals surface area contributed by atoms with E-state index >= 15 is 0 Å². The minimum absolute atomic E-state index is 0.0717. The van der Waals surface area contributed by atoms with Crippen LogP contribution in [0.1, 0.15) is 33.0 Å². The van der Waals surface area contributed by atoms with E-state index in [1.165, 1.54) is 16.2 Å². The van der Waals surface area contributed by atoms with Crippen LogP contribution >= 0.6 is 27.3 Å². The predicted molar refractivity (Wildman–Crippen MR) is 97.6 cm³/mol. The highest BCUT2D eigenvalue weighted by atomic mass is 79.9. The number of nitrogens with one attached hydrogen (secondary N) is 2. The van der Waals surface area contributed by atoms with Crippen molar-refractivity contribution in [3.8, 4) is 0 Å². The number of carbonyl (C=O) groups excluding carboxylic acids is 1. The number of halogens is 1. The first-order valence-electron chi connectivity index (χ1n) is 7.69. The van der Waals surface area contributed by atoms with Crippen molar-refractivity contribution in [2.24, 2.45) is 0 Å². The third-order valence-corrected chi connectivity index (χ3v) is 5.81. The van der Waals surface area contributed by atoms with E-state index < -0.39 is 0 Å².